The zero-order valence-corrected chi connectivity index (χ0v) is 15.1. The van der Waals surface area contributed by atoms with Crippen molar-refractivity contribution in [1.29, 1.82) is 0 Å². The van der Waals surface area contributed by atoms with Crippen LogP contribution in [-0.4, -0.2) is 11.0 Å². The molecule has 3 rings (SSSR count). The van der Waals surface area contributed by atoms with Crippen molar-refractivity contribution in [2.75, 3.05) is 5.32 Å². The normalized spacial score (nSPS) is 19.8. The molecule has 2 aromatic rings. The summed E-state index contributed by atoms with van der Waals surface area (Å²) in [6, 6.07) is 15.5. The smallest absolute Gasteiger partial charge is 0.235 e. The van der Waals surface area contributed by atoms with Crippen LogP contribution in [0.5, 0.6) is 0 Å². The summed E-state index contributed by atoms with van der Waals surface area (Å²) in [7, 11) is 0. The van der Waals surface area contributed by atoms with Gasteiger partial charge in [0.25, 0.3) is 0 Å². The number of thiocarbonyl (C=S) groups is 1. The highest BCUT2D eigenvalue weighted by molar-refractivity contribution is 7.80. The predicted octanol–water partition coefficient (Wildman–Crippen LogP) is 3.59. The molecule has 0 aromatic heterocycles. The van der Waals surface area contributed by atoms with Crippen LogP contribution in [0.1, 0.15) is 22.7 Å². The molecular weight excluding hydrogens is 330 g/mol. The maximum Gasteiger partial charge on any atom is 0.235 e. The maximum absolute atomic E-state index is 13.0. The van der Waals surface area contributed by atoms with Gasteiger partial charge in [0.15, 0.2) is 5.11 Å². The average molecular weight is 351 g/mol. The zero-order valence-electron chi connectivity index (χ0n) is 14.3. The van der Waals surface area contributed by atoms with E-state index < -0.39 is 5.92 Å². The van der Waals surface area contributed by atoms with E-state index in [9.17, 15) is 4.79 Å². The molecule has 1 fully saturated rings. The summed E-state index contributed by atoms with van der Waals surface area (Å²) < 4.78 is 0. The number of aryl methyl sites for hydroxylation is 2. The molecule has 0 aliphatic carbocycles. The molecule has 1 aliphatic heterocycles. The minimum absolute atomic E-state index is 0.121. The number of anilines is 1. The highest BCUT2D eigenvalue weighted by atomic mass is 32.1. The summed E-state index contributed by atoms with van der Waals surface area (Å²) >= 11 is 5.27. The summed E-state index contributed by atoms with van der Waals surface area (Å²) in [5.41, 5.74) is 4.65. The molecule has 1 saturated heterocycles. The number of hydrogen-bond donors (Lipinski definition) is 3. The van der Waals surface area contributed by atoms with Crippen molar-refractivity contribution in [3.8, 4) is 0 Å². The summed E-state index contributed by atoms with van der Waals surface area (Å²) in [5.74, 6) is -0.598. The molecule has 5 heteroatoms. The Morgan fingerprint density at radius 3 is 2.48 bits per heavy atom. The molecule has 1 amide bonds. The van der Waals surface area contributed by atoms with E-state index in [0.717, 1.165) is 22.4 Å². The van der Waals surface area contributed by atoms with Crippen molar-refractivity contribution in [2.45, 2.75) is 19.9 Å². The molecule has 0 bridgehead atoms. The third-order valence-electron chi connectivity index (χ3n) is 4.39. The Morgan fingerprint density at radius 2 is 1.80 bits per heavy atom. The third-order valence-corrected chi connectivity index (χ3v) is 4.61. The van der Waals surface area contributed by atoms with Crippen LogP contribution in [-0.2, 0) is 4.79 Å². The number of benzene rings is 2. The largest absolute Gasteiger partial charge is 0.354 e. The van der Waals surface area contributed by atoms with Crippen molar-refractivity contribution >= 4 is 28.9 Å². The van der Waals surface area contributed by atoms with Crippen LogP contribution in [0.2, 0.25) is 0 Å². The maximum atomic E-state index is 13.0. The van der Waals surface area contributed by atoms with Crippen LogP contribution in [0.4, 0.5) is 5.69 Å². The van der Waals surface area contributed by atoms with Crippen LogP contribution in [0, 0.1) is 19.8 Å². The summed E-state index contributed by atoms with van der Waals surface area (Å²) in [5, 5.41) is 9.68. The zero-order chi connectivity index (χ0) is 18.0. The van der Waals surface area contributed by atoms with E-state index in [4.69, 9.17) is 12.2 Å². The molecule has 2 aromatic carbocycles. The van der Waals surface area contributed by atoms with E-state index in [0.29, 0.717) is 10.8 Å². The van der Waals surface area contributed by atoms with Gasteiger partial charge in [0.1, 0.15) is 5.92 Å². The minimum atomic E-state index is -0.478. The van der Waals surface area contributed by atoms with Gasteiger partial charge < -0.3 is 16.0 Å². The topological polar surface area (TPSA) is 53.2 Å². The van der Waals surface area contributed by atoms with Crippen molar-refractivity contribution in [1.82, 2.24) is 10.6 Å². The number of carbonyl (C=O) groups is 1. The van der Waals surface area contributed by atoms with E-state index in [1.807, 2.05) is 62.4 Å². The molecule has 0 radical (unpaired) electrons. The van der Waals surface area contributed by atoms with Gasteiger partial charge in [0, 0.05) is 11.4 Å². The second-order valence-corrected chi connectivity index (χ2v) is 6.70. The Bertz CT molecular complexity index is 829. The lowest BCUT2D eigenvalue weighted by Gasteiger charge is -2.36. The predicted molar refractivity (Wildman–Crippen MR) is 105 cm³/mol. The van der Waals surface area contributed by atoms with E-state index >= 15 is 0 Å². The SMILES string of the molecule is C=C1NC(=S)NC(c2ccccc2C)C1C(=O)Nc1ccc(C)cc1. The molecule has 3 N–H and O–H groups in total. The Kier molecular flexibility index (Phi) is 4.86. The average Bonchev–Trinajstić information content (AvgIpc) is 2.56. The highest BCUT2D eigenvalue weighted by Crippen LogP contribution is 2.32. The Labute approximate surface area is 153 Å². The van der Waals surface area contributed by atoms with E-state index in [-0.39, 0.29) is 11.9 Å². The molecular formula is C20H21N3OS. The molecule has 25 heavy (non-hydrogen) atoms. The van der Waals surface area contributed by atoms with Crippen molar-refractivity contribution in [3.05, 3.63) is 77.5 Å². The number of carbonyl (C=O) groups excluding carboxylic acids is 1. The number of nitrogens with one attached hydrogen (secondary N) is 3. The highest BCUT2D eigenvalue weighted by Gasteiger charge is 2.37. The molecule has 4 nitrogen and oxygen atoms in total. The molecule has 0 saturated carbocycles. The number of amides is 1. The van der Waals surface area contributed by atoms with Gasteiger partial charge >= 0.3 is 0 Å². The fourth-order valence-corrected chi connectivity index (χ4v) is 3.30. The van der Waals surface area contributed by atoms with Gasteiger partial charge in [-0.2, -0.15) is 0 Å². The second-order valence-electron chi connectivity index (χ2n) is 6.29. The molecule has 0 spiro atoms. The fraction of sp³-hybridized carbons (Fsp3) is 0.200. The van der Waals surface area contributed by atoms with Crippen LogP contribution in [0.25, 0.3) is 0 Å². The first-order valence-corrected chi connectivity index (χ1v) is 8.56. The molecule has 2 atom stereocenters. The first-order valence-electron chi connectivity index (χ1n) is 8.15. The van der Waals surface area contributed by atoms with Gasteiger partial charge in [-0.05, 0) is 49.3 Å². The monoisotopic (exact) mass is 351 g/mol. The molecule has 128 valence electrons. The summed E-state index contributed by atoms with van der Waals surface area (Å²) in [6.45, 7) is 8.07. The van der Waals surface area contributed by atoms with Crippen LogP contribution < -0.4 is 16.0 Å². The Morgan fingerprint density at radius 1 is 1.12 bits per heavy atom. The van der Waals surface area contributed by atoms with E-state index in [1.165, 1.54) is 0 Å². The molecule has 2 unspecified atom stereocenters. The standard InChI is InChI=1S/C20H21N3OS/c1-12-8-10-15(11-9-12)22-19(24)17-14(3)21-20(25)23-18(17)16-7-5-4-6-13(16)2/h4-11,17-18H,3H2,1-2H3,(H,22,24)(H2,21,23,25). The van der Waals surface area contributed by atoms with Gasteiger partial charge in [0.2, 0.25) is 5.91 Å². The Balaban J connectivity index is 1.91. The Hall–Kier alpha value is -2.66. The minimum Gasteiger partial charge on any atom is -0.354 e. The first-order chi connectivity index (χ1) is 12.0. The van der Waals surface area contributed by atoms with Gasteiger partial charge in [-0.3, -0.25) is 4.79 Å². The quantitative estimate of drug-likeness (QED) is 0.740. The number of hydrogen-bond acceptors (Lipinski definition) is 2. The summed E-state index contributed by atoms with van der Waals surface area (Å²) in [6.07, 6.45) is 0. The third kappa shape index (κ3) is 3.72. The lowest BCUT2D eigenvalue weighted by Crippen LogP contribution is -2.51. The van der Waals surface area contributed by atoms with Crippen LogP contribution in [0.15, 0.2) is 60.8 Å². The molecule has 1 heterocycles. The lowest BCUT2D eigenvalue weighted by molar-refractivity contribution is -0.119. The number of rotatable bonds is 3. The lowest BCUT2D eigenvalue weighted by atomic mass is 9.86. The fourth-order valence-electron chi connectivity index (χ4n) is 3.04. The van der Waals surface area contributed by atoms with Gasteiger partial charge in [-0.25, -0.2) is 0 Å². The van der Waals surface area contributed by atoms with Crippen molar-refractivity contribution < 1.29 is 4.79 Å². The molecule has 1 aliphatic rings. The second kappa shape index (κ2) is 7.07. The van der Waals surface area contributed by atoms with Crippen molar-refractivity contribution in [2.24, 2.45) is 5.92 Å². The van der Waals surface area contributed by atoms with Crippen LogP contribution >= 0.6 is 12.2 Å². The van der Waals surface area contributed by atoms with Crippen LogP contribution in [0.3, 0.4) is 0 Å². The summed E-state index contributed by atoms with van der Waals surface area (Å²) in [4.78, 5) is 13.0. The van der Waals surface area contributed by atoms with Crippen molar-refractivity contribution in [3.63, 3.8) is 0 Å². The van der Waals surface area contributed by atoms with Gasteiger partial charge in [0.05, 0.1) is 6.04 Å². The van der Waals surface area contributed by atoms with E-state index in [2.05, 4.69) is 22.5 Å². The van der Waals surface area contributed by atoms with E-state index in [1.54, 1.807) is 0 Å². The van der Waals surface area contributed by atoms with Gasteiger partial charge in [-0.15, -0.1) is 0 Å². The van der Waals surface area contributed by atoms with Gasteiger partial charge in [-0.1, -0.05) is 48.5 Å². The first kappa shape index (κ1) is 17.2.